The molecule has 0 saturated carbocycles. The first-order chi connectivity index (χ1) is 17.3. The normalized spacial score (nSPS) is 14.6. The molecule has 5 rings (SSSR count). The Morgan fingerprint density at radius 3 is 2.50 bits per heavy atom. The molecule has 1 N–H and O–H groups in total. The van der Waals surface area contributed by atoms with Crippen LogP contribution in [0.15, 0.2) is 48.5 Å². The number of halogens is 3. The molecular weight excluding hydrogens is 488 g/mol. The van der Waals surface area contributed by atoms with Crippen molar-refractivity contribution in [1.82, 2.24) is 24.5 Å². The van der Waals surface area contributed by atoms with Crippen LogP contribution in [0.1, 0.15) is 31.7 Å². The number of aromatic nitrogens is 5. The van der Waals surface area contributed by atoms with Gasteiger partial charge in [0.25, 0.3) is 6.43 Å². The Hall–Kier alpha value is -3.37. The van der Waals surface area contributed by atoms with Gasteiger partial charge in [-0.05, 0) is 50.1 Å². The minimum atomic E-state index is -2.81. The first-order valence-electron chi connectivity index (χ1n) is 11.7. The van der Waals surface area contributed by atoms with Crippen LogP contribution < -0.4 is 10.2 Å². The van der Waals surface area contributed by atoms with E-state index in [1.54, 1.807) is 24.3 Å². The van der Waals surface area contributed by atoms with Gasteiger partial charge in [0.1, 0.15) is 0 Å². The van der Waals surface area contributed by atoms with E-state index < -0.39 is 17.8 Å². The molecule has 1 saturated heterocycles. The Kier molecular flexibility index (Phi) is 6.72. The monoisotopic (exact) mass is 513 g/mol. The Balaban J connectivity index is 1.58. The molecule has 1 aliphatic rings. The molecule has 8 nitrogen and oxygen atoms in total. The molecule has 0 aliphatic carbocycles. The molecule has 36 heavy (non-hydrogen) atoms. The smallest absolute Gasteiger partial charge is 0.296 e. The van der Waals surface area contributed by atoms with Crippen molar-refractivity contribution in [3.63, 3.8) is 0 Å². The molecule has 188 valence electrons. The van der Waals surface area contributed by atoms with Crippen LogP contribution in [0.2, 0.25) is 5.02 Å². The average Bonchev–Trinajstić information content (AvgIpc) is 3.24. The van der Waals surface area contributed by atoms with E-state index in [0.717, 1.165) is 5.56 Å². The standard InChI is InChI=1S/C25H26ClF2N7O/c1-25(2,15-16-6-5-7-17(26)14-16)33-22-30-23(34-10-12-36-13-11-34)32-24(31-22)35-19-9-4-3-8-18(19)29-21(35)20(27)28/h3-9,14,20H,10-13,15H2,1-2H3,(H,30,31,32,33). The van der Waals surface area contributed by atoms with Crippen molar-refractivity contribution in [3.8, 4) is 5.95 Å². The summed E-state index contributed by atoms with van der Waals surface area (Å²) in [6.45, 7) is 6.26. The summed E-state index contributed by atoms with van der Waals surface area (Å²) in [7, 11) is 0. The maximum absolute atomic E-state index is 14.0. The number of nitrogens with one attached hydrogen (secondary N) is 1. The van der Waals surface area contributed by atoms with Crippen molar-refractivity contribution in [2.75, 3.05) is 36.5 Å². The largest absolute Gasteiger partial charge is 0.378 e. The van der Waals surface area contributed by atoms with Gasteiger partial charge in [0.05, 0.1) is 24.2 Å². The molecular formula is C25H26ClF2N7O. The third-order valence-electron chi connectivity index (χ3n) is 5.87. The second-order valence-electron chi connectivity index (χ2n) is 9.27. The number of ether oxygens (including phenoxy) is 1. The van der Waals surface area contributed by atoms with Gasteiger partial charge in [-0.25, -0.2) is 13.8 Å². The maximum atomic E-state index is 14.0. The Labute approximate surface area is 212 Å². The van der Waals surface area contributed by atoms with E-state index in [2.05, 4.69) is 25.3 Å². The van der Waals surface area contributed by atoms with Crippen LogP contribution in [0.5, 0.6) is 0 Å². The number of nitrogens with zero attached hydrogens (tertiary/aromatic N) is 6. The fourth-order valence-electron chi connectivity index (χ4n) is 4.32. The number of benzene rings is 2. The highest BCUT2D eigenvalue weighted by Crippen LogP contribution is 2.28. The highest BCUT2D eigenvalue weighted by Gasteiger charge is 2.26. The fraction of sp³-hybridized carbons (Fsp3) is 0.360. The molecule has 1 fully saturated rings. The number of hydrogen-bond donors (Lipinski definition) is 1. The Bertz CT molecular complexity index is 1370. The quantitative estimate of drug-likeness (QED) is 0.369. The van der Waals surface area contributed by atoms with Crippen molar-refractivity contribution >= 4 is 34.5 Å². The van der Waals surface area contributed by atoms with Crippen LogP contribution in [0.25, 0.3) is 17.0 Å². The maximum Gasteiger partial charge on any atom is 0.296 e. The average molecular weight is 514 g/mol. The van der Waals surface area contributed by atoms with Crippen molar-refractivity contribution < 1.29 is 13.5 Å². The lowest BCUT2D eigenvalue weighted by Gasteiger charge is -2.29. The summed E-state index contributed by atoms with van der Waals surface area (Å²) >= 11 is 6.17. The number of rotatable bonds is 7. The molecule has 2 aromatic carbocycles. The molecule has 0 amide bonds. The lowest BCUT2D eigenvalue weighted by atomic mass is 9.95. The molecule has 0 spiro atoms. The van der Waals surface area contributed by atoms with E-state index in [4.69, 9.17) is 16.3 Å². The predicted molar refractivity (Wildman–Crippen MR) is 135 cm³/mol. The zero-order valence-electron chi connectivity index (χ0n) is 20.0. The molecule has 0 atom stereocenters. The van der Waals surface area contributed by atoms with Crippen LogP contribution in [0, 0.1) is 0 Å². The molecule has 11 heteroatoms. The number of morpholine rings is 1. The van der Waals surface area contributed by atoms with Gasteiger partial charge in [-0.3, -0.25) is 4.57 Å². The summed E-state index contributed by atoms with van der Waals surface area (Å²) in [5, 5.41) is 4.04. The van der Waals surface area contributed by atoms with Gasteiger partial charge < -0.3 is 15.0 Å². The van der Waals surface area contributed by atoms with E-state index in [9.17, 15) is 8.78 Å². The molecule has 1 aliphatic heterocycles. The van der Waals surface area contributed by atoms with E-state index in [0.29, 0.717) is 54.7 Å². The number of alkyl halides is 2. The van der Waals surface area contributed by atoms with Crippen LogP contribution >= 0.6 is 11.6 Å². The first kappa shape index (κ1) is 24.3. The summed E-state index contributed by atoms with van der Waals surface area (Å²) in [5.41, 5.74) is 1.50. The number of anilines is 2. The Morgan fingerprint density at radius 1 is 1.00 bits per heavy atom. The van der Waals surface area contributed by atoms with Crippen LogP contribution in [0.4, 0.5) is 20.7 Å². The van der Waals surface area contributed by atoms with Crippen molar-refractivity contribution in [2.45, 2.75) is 32.2 Å². The Morgan fingerprint density at radius 2 is 1.75 bits per heavy atom. The SMILES string of the molecule is CC(C)(Cc1cccc(Cl)c1)Nc1nc(N2CCOCC2)nc(-n2c(C(F)F)nc3ccccc32)n1. The van der Waals surface area contributed by atoms with Crippen molar-refractivity contribution in [3.05, 3.63) is 64.9 Å². The van der Waals surface area contributed by atoms with Crippen LogP contribution in [0.3, 0.4) is 0 Å². The molecule has 0 unspecified atom stereocenters. The zero-order valence-corrected chi connectivity index (χ0v) is 20.7. The van der Waals surface area contributed by atoms with Crippen molar-refractivity contribution in [1.29, 1.82) is 0 Å². The summed E-state index contributed by atoms with van der Waals surface area (Å²) in [4.78, 5) is 19.9. The number of imidazole rings is 1. The highest BCUT2D eigenvalue weighted by molar-refractivity contribution is 6.30. The lowest BCUT2D eigenvalue weighted by molar-refractivity contribution is 0.122. The van der Waals surface area contributed by atoms with Gasteiger partial charge in [-0.1, -0.05) is 35.9 Å². The van der Waals surface area contributed by atoms with Gasteiger partial charge >= 0.3 is 0 Å². The summed E-state index contributed by atoms with van der Waals surface area (Å²) < 4.78 is 34.9. The minimum Gasteiger partial charge on any atom is -0.378 e. The summed E-state index contributed by atoms with van der Waals surface area (Å²) in [5.74, 6) is 0.338. The molecule has 0 radical (unpaired) electrons. The van der Waals surface area contributed by atoms with E-state index in [-0.39, 0.29) is 11.9 Å². The van der Waals surface area contributed by atoms with Gasteiger partial charge in [-0.2, -0.15) is 15.0 Å². The van der Waals surface area contributed by atoms with E-state index >= 15 is 0 Å². The van der Waals surface area contributed by atoms with Gasteiger partial charge in [0, 0.05) is 23.7 Å². The molecule has 3 heterocycles. The fourth-order valence-corrected chi connectivity index (χ4v) is 4.53. The van der Waals surface area contributed by atoms with Crippen LogP contribution in [-0.4, -0.2) is 56.3 Å². The zero-order chi connectivity index (χ0) is 25.3. The third-order valence-corrected chi connectivity index (χ3v) is 6.11. The second-order valence-corrected chi connectivity index (χ2v) is 9.71. The van der Waals surface area contributed by atoms with Gasteiger partial charge in [0.15, 0.2) is 5.82 Å². The summed E-state index contributed by atoms with van der Waals surface area (Å²) in [6.07, 6.45) is -2.17. The van der Waals surface area contributed by atoms with Gasteiger partial charge in [0.2, 0.25) is 17.8 Å². The number of para-hydroxylation sites is 2. The lowest BCUT2D eigenvalue weighted by Crippen LogP contribution is -2.38. The third kappa shape index (κ3) is 5.24. The molecule has 2 aromatic heterocycles. The number of hydrogen-bond acceptors (Lipinski definition) is 7. The molecule has 4 aromatic rings. The number of fused-ring (bicyclic) bond motifs is 1. The molecule has 0 bridgehead atoms. The van der Waals surface area contributed by atoms with Crippen LogP contribution in [-0.2, 0) is 11.2 Å². The predicted octanol–water partition coefficient (Wildman–Crippen LogP) is 5.07. The van der Waals surface area contributed by atoms with Gasteiger partial charge in [-0.15, -0.1) is 0 Å². The summed E-state index contributed by atoms with van der Waals surface area (Å²) in [6, 6.07) is 14.6. The highest BCUT2D eigenvalue weighted by atomic mass is 35.5. The topological polar surface area (TPSA) is 81.0 Å². The van der Waals surface area contributed by atoms with E-state index in [1.807, 2.05) is 43.0 Å². The van der Waals surface area contributed by atoms with E-state index in [1.165, 1.54) is 4.57 Å². The second kappa shape index (κ2) is 9.94. The minimum absolute atomic E-state index is 0.0801. The van der Waals surface area contributed by atoms with Crippen molar-refractivity contribution in [2.24, 2.45) is 0 Å². The first-order valence-corrected chi connectivity index (χ1v) is 12.0.